The molecule has 3 heterocycles. The predicted octanol–water partition coefficient (Wildman–Crippen LogP) is 4.98. The van der Waals surface area contributed by atoms with E-state index in [1.54, 1.807) is 23.5 Å². The minimum Gasteiger partial charge on any atom is -0.459 e. The van der Waals surface area contributed by atoms with Crippen molar-refractivity contribution in [2.45, 2.75) is 52.9 Å². The van der Waals surface area contributed by atoms with Gasteiger partial charge in [0.25, 0.3) is 11.8 Å². The van der Waals surface area contributed by atoms with Gasteiger partial charge in [-0.1, -0.05) is 20.8 Å². The fraction of sp³-hybridized carbons (Fsp3) is 0.545. The van der Waals surface area contributed by atoms with Crippen LogP contribution in [-0.2, 0) is 12.8 Å². The zero-order valence-corrected chi connectivity index (χ0v) is 17.7. The van der Waals surface area contributed by atoms with Crippen LogP contribution in [0.1, 0.15) is 71.4 Å². The number of furan rings is 1. The summed E-state index contributed by atoms with van der Waals surface area (Å²) in [5.41, 5.74) is 2.10. The summed E-state index contributed by atoms with van der Waals surface area (Å²) in [7, 11) is 0. The second-order valence-electron chi connectivity index (χ2n) is 8.94. The number of thiophene rings is 1. The van der Waals surface area contributed by atoms with Crippen LogP contribution < -0.4 is 5.32 Å². The van der Waals surface area contributed by atoms with Crippen LogP contribution in [0.5, 0.6) is 0 Å². The van der Waals surface area contributed by atoms with E-state index >= 15 is 0 Å². The number of likely N-dealkylation sites (tertiary alicyclic amines) is 1. The quantitative estimate of drug-likeness (QED) is 0.790. The Hall–Kier alpha value is -2.08. The molecular formula is C22H28N2O3S. The van der Waals surface area contributed by atoms with E-state index < -0.39 is 0 Å². The number of anilines is 1. The molecule has 2 aliphatic rings. The third-order valence-corrected chi connectivity index (χ3v) is 7.24. The molecule has 1 aliphatic heterocycles. The minimum atomic E-state index is -0.300. The Morgan fingerprint density at radius 3 is 2.64 bits per heavy atom. The van der Waals surface area contributed by atoms with Gasteiger partial charge in [0.05, 0.1) is 11.8 Å². The molecule has 1 aliphatic carbocycles. The van der Waals surface area contributed by atoms with Gasteiger partial charge < -0.3 is 14.6 Å². The van der Waals surface area contributed by atoms with Gasteiger partial charge in [0.1, 0.15) is 5.00 Å². The zero-order chi connectivity index (χ0) is 19.9. The molecule has 0 unspecified atom stereocenters. The van der Waals surface area contributed by atoms with Crippen LogP contribution in [0.4, 0.5) is 5.00 Å². The largest absolute Gasteiger partial charge is 0.459 e. The van der Waals surface area contributed by atoms with Gasteiger partial charge in [-0.15, -0.1) is 11.3 Å². The molecule has 1 saturated heterocycles. The lowest BCUT2D eigenvalue weighted by Crippen LogP contribution is -2.30. The first kappa shape index (κ1) is 19.2. The maximum atomic E-state index is 13.3. The fourth-order valence-electron chi connectivity index (χ4n) is 4.29. The van der Waals surface area contributed by atoms with E-state index in [0.717, 1.165) is 50.8 Å². The Morgan fingerprint density at radius 1 is 1.25 bits per heavy atom. The molecule has 4 rings (SSSR count). The lowest BCUT2D eigenvalue weighted by atomic mass is 9.72. The van der Waals surface area contributed by atoms with Crippen molar-refractivity contribution < 1.29 is 14.0 Å². The van der Waals surface area contributed by atoms with Gasteiger partial charge in [0.15, 0.2) is 5.76 Å². The van der Waals surface area contributed by atoms with Crippen molar-refractivity contribution in [3.8, 4) is 0 Å². The van der Waals surface area contributed by atoms with Gasteiger partial charge in [-0.2, -0.15) is 0 Å². The summed E-state index contributed by atoms with van der Waals surface area (Å²) >= 11 is 1.57. The van der Waals surface area contributed by atoms with Crippen molar-refractivity contribution in [2.24, 2.45) is 11.3 Å². The van der Waals surface area contributed by atoms with E-state index in [0.29, 0.717) is 16.5 Å². The number of fused-ring (bicyclic) bond motifs is 1. The molecule has 2 amide bonds. The van der Waals surface area contributed by atoms with Crippen molar-refractivity contribution in [1.82, 2.24) is 4.90 Å². The van der Waals surface area contributed by atoms with E-state index in [-0.39, 0.29) is 23.0 Å². The van der Waals surface area contributed by atoms with Crippen molar-refractivity contribution in [3.63, 3.8) is 0 Å². The summed E-state index contributed by atoms with van der Waals surface area (Å²) < 4.78 is 5.23. The van der Waals surface area contributed by atoms with E-state index in [1.165, 1.54) is 11.1 Å². The van der Waals surface area contributed by atoms with E-state index in [1.807, 2.05) is 4.90 Å². The highest BCUT2D eigenvalue weighted by Gasteiger charge is 2.35. The Bertz CT molecular complexity index is 870. The molecule has 1 N–H and O–H groups in total. The minimum absolute atomic E-state index is 0.0685. The van der Waals surface area contributed by atoms with E-state index in [4.69, 9.17) is 4.42 Å². The topological polar surface area (TPSA) is 62.6 Å². The molecule has 1 fully saturated rings. The van der Waals surface area contributed by atoms with Crippen LogP contribution in [0.15, 0.2) is 22.8 Å². The number of hydrogen-bond acceptors (Lipinski definition) is 4. The van der Waals surface area contributed by atoms with Crippen molar-refractivity contribution in [2.75, 3.05) is 18.4 Å². The second-order valence-corrected chi connectivity index (χ2v) is 10.0. The van der Waals surface area contributed by atoms with Crippen LogP contribution in [0.25, 0.3) is 0 Å². The van der Waals surface area contributed by atoms with Crippen LogP contribution in [0.3, 0.4) is 0 Å². The average molecular weight is 401 g/mol. The first-order valence-electron chi connectivity index (χ1n) is 10.1. The van der Waals surface area contributed by atoms with Gasteiger partial charge >= 0.3 is 0 Å². The molecular weight excluding hydrogens is 372 g/mol. The van der Waals surface area contributed by atoms with E-state index in [9.17, 15) is 9.59 Å². The summed E-state index contributed by atoms with van der Waals surface area (Å²) in [6, 6.07) is 3.33. The molecule has 2 aromatic heterocycles. The van der Waals surface area contributed by atoms with Gasteiger partial charge in [0, 0.05) is 18.0 Å². The normalized spacial score (nSPS) is 19.5. The van der Waals surface area contributed by atoms with Crippen molar-refractivity contribution in [1.29, 1.82) is 0 Å². The highest BCUT2D eigenvalue weighted by Crippen LogP contribution is 2.45. The maximum Gasteiger partial charge on any atom is 0.291 e. The van der Waals surface area contributed by atoms with E-state index in [2.05, 4.69) is 26.1 Å². The third-order valence-electron chi connectivity index (χ3n) is 6.07. The number of nitrogens with one attached hydrogen (secondary N) is 1. The summed E-state index contributed by atoms with van der Waals surface area (Å²) in [5, 5.41) is 3.65. The molecule has 0 radical (unpaired) electrons. The Labute approximate surface area is 170 Å². The average Bonchev–Trinajstić information content (AvgIpc) is 3.39. The number of carbonyl (C=O) groups excluding carboxylic acids is 2. The molecule has 150 valence electrons. The molecule has 0 bridgehead atoms. The maximum absolute atomic E-state index is 13.3. The van der Waals surface area contributed by atoms with Crippen LogP contribution in [0.2, 0.25) is 0 Å². The summed E-state index contributed by atoms with van der Waals surface area (Å²) in [4.78, 5) is 29.1. The summed E-state index contributed by atoms with van der Waals surface area (Å²) in [5.74, 6) is 0.617. The molecule has 0 saturated carbocycles. The van der Waals surface area contributed by atoms with Crippen molar-refractivity contribution in [3.05, 3.63) is 40.2 Å². The first-order chi connectivity index (χ1) is 13.3. The Kier molecular flexibility index (Phi) is 5.08. The lowest BCUT2D eigenvalue weighted by Gasteiger charge is -2.34. The summed E-state index contributed by atoms with van der Waals surface area (Å²) in [6.45, 7) is 8.46. The lowest BCUT2D eigenvalue weighted by molar-refractivity contribution is 0.0792. The molecule has 0 aromatic carbocycles. The fourth-order valence-corrected chi connectivity index (χ4v) is 5.60. The van der Waals surface area contributed by atoms with Gasteiger partial charge in [0.2, 0.25) is 0 Å². The number of hydrogen-bond donors (Lipinski definition) is 1. The number of nitrogens with zero attached hydrogens (tertiary/aromatic N) is 1. The molecule has 2 aromatic rings. The molecule has 28 heavy (non-hydrogen) atoms. The smallest absolute Gasteiger partial charge is 0.291 e. The number of carbonyl (C=O) groups is 2. The molecule has 6 heteroatoms. The second kappa shape index (κ2) is 7.39. The first-order valence-corrected chi connectivity index (χ1v) is 10.9. The standard InChI is InChI=1S/C22H28N2O3S/c1-22(2,3)14-8-9-15-17(13-14)28-20(23-19(25)16-7-6-12-27-16)18(15)21(26)24-10-4-5-11-24/h6-7,12,14H,4-5,8-11,13H2,1-3H3,(H,23,25)/t14-/m0/s1. The summed E-state index contributed by atoms with van der Waals surface area (Å²) in [6.07, 6.45) is 6.55. The highest BCUT2D eigenvalue weighted by molar-refractivity contribution is 7.17. The van der Waals surface area contributed by atoms with Crippen LogP contribution >= 0.6 is 11.3 Å². The van der Waals surface area contributed by atoms with Crippen LogP contribution in [0, 0.1) is 11.3 Å². The monoisotopic (exact) mass is 400 g/mol. The SMILES string of the molecule is CC(C)(C)[C@H]1CCc2c(sc(NC(=O)c3ccco3)c2C(=O)N2CCCC2)C1. The van der Waals surface area contributed by atoms with Gasteiger partial charge in [-0.3, -0.25) is 9.59 Å². The molecule has 0 spiro atoms. The van der Waals surface area contributed by atoms with Gasteiger partial charge in [-0.05, 0) is 61.1 Å². The van der Waals surface area contributed by atoms with Gasteiger partial charge in [-0.25, -0.2) is 0 Å². The molecule has 1 atom stereocenters. The zero-order valence-electron chi connectivity index (χ0n) is 16.8. The Morgan fingerprint density at radius 2 is 2.00 bits per heavy atom. The Balaban J connectivity index is 1.69. The van der Waals surface area contributed by atoms with Crippen molar-refractivity contribution >= 4 is 28.2 Å². The number of amides is 2. The highest BCUT2D eigenvalue weighted by atomic mass is 32.1. The van der Waals surface area contributed by atoms with Crippen LogP contribution in [-0.4, -0.2) is 29.8 Å². The molecule has 5 nitrogen and oxygen atoms in total. The predicted molar refractivity (Wildman–Crippen MR) is 111 cm³/mol. The number of rotatable bonds is 3. The third kappa shape index (κ3) is 3.62.